The van der Waals surface area contributed by atoms with Gasteiger partial charge in [0.25, 0.3) is 0 Å². The predicted molar refractivity (Wildman–Crippen MR) is 67.1 cm³/mol. The number of nitrogens with one attached hydrogen (secondary N) is 1. The minimum atomic E-state index is -1.46. The van der Waals surface area contributed by atoms with E-state index in [9.17, 15) is 19.2 Å². The Morgan fingerprint density at radius 2 is 2.14 bits per heavy atom. The Morgan fingerprint density at radius 1 is 1.48 bits per heavy atom. The van der Waals surface area contributed by atoms with E-state index in [1.165, 1.54) is 7.11 Å². The van der Waals surface area contributed by atoms with E-state index in [4.69, 9.17) is 15.6 Å². The lowest BCUT2D eigenvalue weighted by Crippen LogP contribution is -2.58. The molecule has 0 bridgehead atoms. The number of nitrogens with zero attached hydrogens (tertiary/aromatic N) is 1. The lowest BCUT2D eigenvalue weighted by molar-refractivity contribution is -0.151. The second kappa shape index (κ2) is 7.43. The van der Waals surface area contributed by atoms with Gasteiger partial charge >= 0.3 is 18.0 Å². The first-order chi connectivity index (χ1) is 9.86. The fraction of sp³-hybridized carbons (Fsp3) is 0.636. The largest absolute Gasteiger partial charge is 0.480 e. The molecule has 21 heavy (non-hydrogen) atoms. The average molecular weight is 303 g/mol. The van der Waals surface area contributed by atoms with Crippen LogP contribution in [0.3, 0.4) is 0 Å². The van der Waals surface area contributed by atoms with Crippen LogP contribution in [0.4, 0.5) is 4.79 Å². The highest BCUT2D eigenvalue weighted by atomic mass is 16.5. The zero-order valence-electron chi connectivity index (χ0n) is 11.4. The zero-order chi connectivity index (χ0) is 16.0. The van der Waals surface area contributed by atoms with Crippen molar-refractivity contribution in [3.05, 3.63) is 0 Å². The van der Waals surface area contributed by atoms with Gasteiger partial charge in [0.05, 0.1) is 26.7 Å². The molecule has 2 atom stereocenters. The standard InChI is InChI=1S/C11H17N3O7/c1-20-10(18)7-5-21-3-2-14(7)11(19)13-6(9(16)17)4-8(12)15/h6-7H,2-5H2,1H3,(H2,12,15)(H,13,19)(H,16,17)/t6-,7?/m0/s1. The molecule has 0 aromatic heterocycles. The van der Waals surface area contributed by atoms with Crippen molar-refractivity contribution in [1.82, 2.24) is 10.2 Å². The third kappa shape index (κ3) is 4.60. The van der Waals surface area contributed by atoms with E-state index in [0.29, 0.717) is 0 Å². The number of carbonyl (C=O) groups excluding carboxylic acids is 3. The third-order valence-electron chi connectivity index (χ3n) is 2.86. The molecule has 1 heterocycles. The molecule has 0 radical (unpaired) electrons. The summed E-state index contributed by atoms with van der Waals surface area (Å²) >= 11 is 0. The van der Waals surface area contributed by atoms with E-state index in [1.54, 1.807) is 0 Å². The van der Waals surface area contributed by atoms with E-state index in [1.807, 2.05) is 0 Å². The number of urea groups is 1. The van der Waals surface area contributed by atoms with Gasteiger partial charge in [-0.1, -0.05) is 0 Å². The first-order valence-electron chi connectivity index (χ1n) is 6.10. The molecule has 10 heteroatoms. The van der Waals surface area contributed by atoms with Gasteiger partial charge in [0.15, 0.2) is 6.04 Å². The Morgan fingerprint density at radius 3 is 2.67 bits per heavy atom. The maximum absolute atomic E-state index is 12.1. The van der Waals surface area contributed by atoms with Crippen LogP contribution in [0.2, 0.25) is 0 Å². The fourth-order valence-corrected chi connectivity index (χ4v) is 1.81. The molecule has 0 saturated carbocycles. The van der Waals surface area contributed by atoms with E-state index in [0.717, 1.165) is 4.90 Å². The molecule has 0 spiro atoms. The van der Waals surface area contributed by atoms with Crippen LogP contribution in [0.15, 0.2) is 0 Å². The quantitative estimate of drug-likeness (QED) is 0.492. The van der Waals surface area contributed by atoms with Gasteiger partial charge in [-0.15, -0.1) is 0 Å². The molecule has 1 aliphatic heterocycles. The van der Waals surface area contributed by atoms with Crippen LogP contribution in [-0.4, -0.2) is 72.8 Å². The summed E-state index contributed by atoms with van der Waals surface area (Å²) in [6, 6.07) is -3.23. The lowest BCUT2D eigenvalue weighted by atomic mass is 10.2. The number of hydrogen-bond acceptors (Lipinski definition) is 6. The number of ether oxygens (including phenoxy) is 2. The number of carboxylic acids is 1. The minimum absolute atomic E-state index is 0.0480. The molecule has 1 aliphatic rings. The van der Waals surface area contributed by atoms with Crippen molar-refractivity contribution in [3.63, 3.8) is 0 Å². The third-order valence-corrected chi connectivity index (χ3v) is 2.86. The molecule has 1 fully saturated rings. The summed E-state index contributed by atoms with van der Waals surface area (Å²) in [6.07, 6.45) is -0.547. The van der Waals surface area contributed by atoms with Crippen LogP contribution >= 0.6 is 0 Å². The number of amides is 3. The van der Waals surface area contributed by atoms with E-state index < -0.39 is 42.4 Å². The van der Waals surface area contributed by atoms with Gasteiger partial charge in [-0.3, -0.25) is 4.79 Å². The molecule has 3 amide bonds. The second-order valence-corrected chi connectivity index (χ2v) is 4.32. The van der Waals surface area contributed by atoms with Crippen molar-refractivity contribution < 1.29 is 33.8 Å². The Labute approximate surface area is 120 Å². The van der Waals surface area contributed by atoms with Gasteiger partial charge in [-0.05, 0) is 0 Å². The number of hydrogen-bond donors (Lipinski definition) is 3. The van der Waals surface area contributed by atoms with Crippen molar-refractivity contribution in [3.8, 4) is 0 Å². The van der Waals surface area contributed by atoms with Gasteiger partial charge < -0.3 is 30.5 Å². The van der Waals surface area contributed by atoms with Crippen molar-refractivity contribution in [2.24, 2.45) is 5.73 Å². The average Bonchev–Trinajstić information content (AvgIpc) is 2.45. The number of carbonyl (C=O) groups is 4. The highest BCUT2D eigenvalue weighted by molar-refractivity contribution is 5.89. The number of morpholine rings is 1. The SMILES string of the molecule is COC(=O)C1COCCN1C(=O)N[C@@H](CC(N)=O)C(=O)O. The number of esters is 1. The van der Waals surface area contributed by atoms with E-state index >= 15 is 0 Å². The number of aliphatic carboxylic acids is 1. The molecular formula is C11H17N3O7. The normalized spacial score (nSPS) is 19.5. The Hall–Kier alpha value is -2.36. The maximum Gasteiger partial charge on any atom is 0.331 e. The Bertz CT molecular complexity index is 440. The number of nitrogens with two attached hydrogens (primary N) is 1. The van der Waals surface area contributed by atoms with E-state index in [-0.39, 0.29) is 19.8 Å². The topological polar surface area (TPSA) is 148 Å². The van der Waals surface area contributed by atoms with Gasteiger partial charge in [0, 0.05) is 6.54 Å². The monoisotopic (exact) mass is 303 g/mol. The smallest absolute Gasteiger partial charge is 0.331 e. The van der Waals surface area contributed by atoms with Gasteiger partial charge in [0.2, 0.25) is 5.91 Å². The highest BCUT2D eigenvalue weighted by Gasteiger charge is 2.35. The van der Waals surface area contributed by atoms with Crippen molar-refractivity contribution >= 4 is 23.9 Å². The van der Waals surface area contributed by atoms with Gasteiger partial charge in [0.1, 0.15) is 6.04 Å². The van der Waals surface area contributed by atoms with Crippen LogP contribution in [0, 0.1) is 0 Å². The summed E-state index contributed by atoms with van der Waals surface area (Å²) in [5, 5.41) is 11.1. The second-order valence-electron chi connectivity index (χ2n) is 4.32. The molecule has 1 rings (SSSR count). The predicted octanol–water partition coefficient (Wildman–Crippen LogP) is -2.10. The number of methoxy groups -OCH3 is 1. The summed E-state index contributed by atoms with van der Waals surface area (Å²) in [5.74, 6) is -2.94. The first kappa shape index (κ1) is 16.7. The molecule has 10 nitrogen and oxygen atoms in total. The van der Waals surface area contributed by atoms with Crippen LogP contribution in [0.1, 0.15) is 6.42 Å². The lowest BCUT2D eigenvalue weighted by Gasteiger charge is -2.34. The molecule has 1 unspecified atom stereocenters. The maximum atomic E-state index is 12.1. The van der Waals surface area contributed by atoms with Crippen LogP contribution in [0.5, 0.6) is 0 Å². The van der Waals surface area contributed by atoms with Crippen LogP contribution < -0.4 is 11.1 Å². The van der Waals surface area contributed by atoms with Crippen molar-refractivity contribution in [1.29, 1.82) is 0 Å². The van der Waals surface area contributed by atoms with Crippen LogP contribution in [0.25, 0.3) is 0 Å². The summed E-state index contributed by atoms with van der Waals surface area (Å²) < 4.78 is 9.65. The Balaban J connectivity index is 2.76. The molecule has 4 N–H and O–H groups in total. The van der Waals surface area contributed by atoms with Crippen molar-refractivity contribution in [2.45, 2.75) is 18.5 Å². The Kier molecular flexibility index (Phi) is 5.91. The highest BCUT2D eigenvalue weighted by Crippen LogP contribution is 2.09. The fourth-order valence-electron chi connectivity index (χ4n) is 1.81. The van der Waals surface area contributed by atoms with Gasteiger partial charge in [-0.25, -0.2) is 14.4 Å². The van der Waals surface area contributed by atoms with Gasteiger partial charge in [-0.2, -0.15) is 0 Å². The van der Waals surface area contributed by atoms with Crippen molar-refractivity contribution in [2.75, 3.05) is 26.9 Å². The molecule has 118 valence electrons. The first-order valence-corrected chi connectivity index (χ1v) is 6.10. The van der Waals surface area contributed by atoms with Crippen LogP contribution in [-0.2, 0) is 23.9 Å². The minimum Gasteiger partial charge on any atom is -0.480 e. The number of carboxylic acid groups (broad SMARTS) is 1. The van der Waals surface area contributed by atoms with E-state index in [2.05, 4.69) is 10.1 Å². The summed E-state index contributed by atoms with van der Waals surface area (Å²) in [6.45, 7) is 0.247. The molecular weight excluding hydrogens is 286 g/mol. The summed E-state index contributed by atoms with van der Waals surface area (Å²) in [7, 11) is 1.17. The molecule has 0 aromatic carbocycles. The molecule has 0 aromatic rings. The summed E-state index contributed by atoms with van der Waals surface area (Å²) in [5.41, 5.74) is 4.92. The molecule has 0 aliphatic carbocycles. The molecule has 1 saturated heterocycles. The summed E-state index contributed by atoms with van der Waals surface area (Å²) in [4.78, 5) is 46.5. The zero-order valence-corrected chi connectivity index (χ0v) is 11.4. The number of primary amides is 1. The number of rotatable bonds is 5.